The molecule has 0 aliphatic heterocycles. The maximum absolute atomic E-state index is 11.2. The largest absolute Gasteiger partial charge is 0.462 e. The lowest BCUT2D eigenvalue weighted by molar-refractivity contribution is -0.139. The van der Waals surface area contributed by atoms with Gasteiger partial charge in [-0.2, -0.15) is 0 Å². The predicted octanol–water partition coefficient (Wildman–Crippen LogP) is 3.71. The second kappa shape index (κ2) is 6.72. The van der Waals surface area contributed by atoms with Crippen LogP contribution in [0.2, 0.25) is 0 Å². The van der Waals surface area contributed by atoms with E-state index in [-0.39, 0.29) is 5.97 Å². The van der Waals surface area contributed by atoms with E-state index in [0.717, 1.165) is 18.3 Å². The summed E-state index contributed by atoms with van der Waals surface area (Å²) in [6.45, 7) is 8.10. The Bertz CT molecular complexity index is 245. The molecule has 0 radical (unpaired) electrons. The predicted molar refractivity (Wildman–Crippen MR) is 66.1 cm³/mol. The molecule has 1 aliphatic carbocycles. The van der Waals surface area contributed by atoms with Gasteiger partial charge in [-0.15, -0.1) is 0 Å². The molecule has 1 rings (SSSR count). The van der Waals surface area contributed by atoms with Crippen LogP contribution in [0.15, 0.2) is 12.2 Å². The van der Waals surface area contributed by atoms with Crippen molar-refractivity contribution in [1.82, 2.24) is 0 Å². The Morgan fingerprint density at radius 3 is 2.69 bits per heavy atom. The third-order valence-electron chi connectivity index (χ3n) is 3.58. The number of carbonyl (C=O) groups is 1. The number of rotatable bonds is 5. The fourth-order valence-electron chi connectivity index (χ4n) is 2.48. The van der Waals surface area contributed by atoms with Gasteiger partial charge in [-0.1, -0.05) is 39.2 Å². The van der Waals surface area contributed by atoms with Gasteiger partial charge in [0, 0.05) is 5.57 Å². The zero-order chi connectivity index (χ0) is 12.0. The summed E-state index contributed by atoms with van der Waals surface area (Å²) in [6.07, 6.45) is 7.68. The lowest BCUT2D eigenvalue weighted by Crippen LogP contribution is -2.17. The van der Waals surface area contributed by atoms with Crippen molar-refractivity contribution in [3.63, 3.8) is 0 Å². The molecular weight excluding hydrogens is 200 g/mol. The van der Waals surface area contributed by atoms with Crippen molar-refractivity contribution in [2.45, 2.75) is 52.4 Å². The van der Waals surface area contributed by atoms with Crippen LogP contribution in [0.25, 0.3) is 0 Å². The molecule has 0 bridgehead atoms. The maximum Gasteiger partial charge on any atom is 0.333 e. The molecule has 1 aliphatic rings. The first-order valence-corrected chi connectivity index (χ1v) is 6.46. The minimum Gasteiger partial charge on any atom is -0.462 e. The summed E-state index contributed by atoms with van der Waals surface area (Å²) in [5.74, 6) is 1.41. The Hall–Kier alpha value is -0.790. The summed E-state index contributed by atoms with van der Waals surface area (Å²) in [6, 6.07) is 0. The third-order valence-corrected chi connectivity index (χ3v) is 3.58. The Morgan fingerprint density at radius 2 is 2.06 bits per heavy atom. The second-order valence-corrected chi connectivity index (χ2v) is 5.01. The molecule has 0 saturated heterocycles. The van der Waals surface area contributed by atoms with Crippen LogP contribution in [0, 0.1) is 11.8 Å². The first-order chi connectivity index (χ1) is 7.63. The summed E-state index contributed by atoms with van der Waals surface area (Å²) in [5.41, 5.74) is 0.495. The van der Waals surface area contributed by atoms with Crippen LogP contribution in [-0.2, 0) is 9.53 Å². The van der Waals surface area contributed by atoms with Crippen molar-refractivity contribution < 1.29 is 9.53 Å². The van der Waals surface area contributed by atoms with Crippen LogP contribution < -0.4 is 0 Å². The minimum absolute atomic E-state index is 0.247. The van der Waals surface area contributed by atoms with Crippen molar-refractivity contribution in [2.24, 2.45) is 11.8 Å². The van der Waals surface area contributed by atoms with E-state index in [4.69, 9.17) is 4.74 Å². The molecule has 1 fully saturated rings. The molecule has 0 aromatic rings. The molecule has 0 aromatic heterocycles. The van der Waals surface area contributed by atoms with Gasteiger partial charge in [-0.05, 0) is 31.6 Å². The Morgan fingerprint density at radius 1 is 1.38 bits per heavy atom. The van der Waals surface area contributed by atoms with Crippen molar-refractivity contribution in [3.05, 3.63) is 12.2 Å². The van der Waals surface area contributed by atoms with E-state index < -0.39 is 0 Å². The molecule has 2 unspecified atom stereocenters. The summed E-state index contributed by atoms with van der Waals surface area (Å²) < 4.78 is 5.14. The number of hydrogen-bond donors (Lipinski definition) is 0. The van der Waals surface area contributed by atoms with Crippen LogP contribution in [0.5, 0.6) is 0 Å². The topological polar surface area (TPSA) is 26.3 Å². The summed E-state index contributed by atoms with van der Waals surface area (Å²) >= 11 is 0. The lowest BCUT2D eigenvalue weighted by Gasteiger charge is -2.28. The van der Waals surface area contributed by atoms with Crippen molar-refractivity contribution in [1.29, 1.82) is 0 Å². The van der Waals surface area contributed by atoms with Gasteiger partial charge in [0.15, 0.2) is 0 Å². The maximum atomic E-state index is 11.2. The highest BCUT2D eigenvalue weighted by Gasteiger charge is 2.20. The van der Waals surface area contributed by atoms with E-state index in [1.54, 1.807) is 6.92 Å². The summed E-state index contributed by atoms with van der Waals surface area (Å²) in [5, 5.41) is 0. The lowest BCUT2D eigenvalue weighted by atomic mass is 9.79. The van der Waals surface area contributed by atoms with Gasteiger partial charge in [-0.25, -0.2) is 4.79 Å². The average molecular weight is 224 g/mol. The molecule has 0 spiro atoms. The molecule has 0 heterocycles. The van der Waals surface area contributed by atoms with Crippen LogP contribution in [-0.4, -0.2) is 12.6 Å². The molecule has 1 saturated carbocycles. The molecular formula is C14H24O2. The van der Waals surface area contributed by atoms with Crippen LogP contribution in [0.1, 0.15) is 52.4 Å². The van der Waals surface area contributed by atoms with Crippen molar-refractivity contribution in [3.8, 4) is 0 Å². The monoisotopic (exact) mass is 224 g/mol. The Labute approximate surface area is 99.1 Å². The number of esters is 1. The van der Waals surface area contributed by atoms with Gasteiger partial charge in [0.1, 0.15) is 0 Å². The van der Waals surface area contributed by atoms with Gasteiger partial charge < -0.3 is 4.74 Å². The molecule has 92 valence electrons. The van der Waals surface area contributed by atoms with E-state index in [0.29, 0.717) is 12.2 Å². The first kappa shape index (κ1) is 13.3. The van der Waals surface area contributed by atoms with E-state index in [1.807, 2.05) is 0 Å². The molecule has 2 nitrogen and oxygen atoms in total. The van der Waals surface area contributed by atoms with Gasteiger partial charge in [0.2, 0.25) is 0 Å². The molecule has 2 heteroatoms. The molecule has 2 atom stereocenters. The van der Waals surface area contributed by atoms with Gasteiger partial charge in [0.05, 0.1) is 6.61 Å². The Kier molecular flexibility index (Phi) is 5.58. The standard InChI is InChI=1S/C14H24O2/c1-4-12-6-5-7-13(10-12)8-9-16-14(15)11(2)3/h12-13H,2,4-10H2,1,3H3. The Balaban J connectivity index is 2.17. The second-order valence-electron chi connectivity index (χ2n) is 5.01. The molecule has 16 heavy (non-hydrogen) atoms. The van der Waals surface area contributed by atoms with Gasteiger partial charge >= 0.3 is 5.97 Å². The number of ether oxygens (including phenoxy) is 1. The SMILES string of the molecule is C=C(C)C(=O)OCCC1CCCC(CC)C1. The van der Waals surface area contributed by atoms with E-state index in [9.17, 15) is 4.79 Å². The molecule has 0 amide bonds. The first-order valence-electron chi connectivity index (χ1n) is 6.46. The van der Waals surface area contributed by atoms with Crippen molar-refractivity contribution >= 4 is 5.97 Å². The van der Waals surface area contributed by atoms with Gasteiger partial charge in [0.25, 0.3) is 0 Å². The smallest absolute Gasteiger partial charge is 0.333 e. The summed E-state index contributed by atoms with van der Waals surface area (Å²) in [4.78, 5) is 11.2. The number of hydrogen-bond acceptors (Lipinski definition) is 2. The number of carbonyl (C=O) groups excluding carboxylic acids is 1. The highest BCUT2D eigenvalue weighted by Crippen LogP contribution is 2.32. The summed E-state index contributed by atoms with van der Waals surface area (Å²) in [7, 11) is 0. The minimum atomic E-state index is -0.247. The highest BCUT2D eigenvalue weighted by atomic mass is 16.5. The highest BCUT2D eigenvalue weighted by molar-refractivity contribution is 5.86. The van der Waals surface area contributed by atoms with E-state index >= 15 is 0 Å². The normalized spacial score (nSPS) is 25.1. The van der Waals surface area contributed by atoms with Crippen LogP contribution in [0.4, 0.5) is 0 Å². The fraction of sp³-hybridized carbons (Fsp3) is 0.786. The fourth-order valence-corrected chi connectivity index (χ4v) is 2.48. The van der Waals surface area contributed by atoms with Crippen LogP contribution >= 0.6 is 0 Å². The van der Waals surface area contributed by atoms with E-state index in [1.165, 1.54) is 32.1 Å². The zero-order valence-corrected chi connectivity index (χ0v) is 10.6. The van der Waals surface area contributed by atoms with E-state index in [2.05, 4.69) is 13.5 Å². The average Bonchev–Trinajstić information content (AvgIpc) is 2.29. The quantitative estimate of drug-likeness (QED) is 0.525. The molecule has 0 N–H and O–H groups in total. The van der Waals surface area contributed by atoms with Crippen molar-refractivity contribution in [2.75, 3.05) is 6.61 Å². The third kappa shape index (κ3) is 4.38. The zero-order valence-electron chi connectivity index (χ0n) is 10.6. The van der Waals surface area contributed by atoms with Crippen LogP contribution in [0.3, 0.4) is 0 Å². The van der Waals surface area contributed by atoms with Gasteiger partial charge in [-0.3, -0.25) is 0 Å². The molecule has 0 aromatic carbocycles.